The van der Waals surface area contributed by atoms with E-state index >= 15 is 0 Å². The molecule has 1 fully saturated rings. The second-order valence-corrected chi connectivity index (χ2v) is 13.0. The molecule has 6 heteroatoms. The predicted molar refractivity (Wildman–Crippen MR) is 190 cm³/mol. The van der Waals surface area contributed by atoms with Crippen molar-refractivity contribution < 1.29 is 19.4 Å². The molecular formula is C40H60N2O4. The molecule has 0 radical (unpaired) electrons. The summed E-state index contributed by atoms with van der Waals surface area (Å²) < 4.78 is 5.26. The number of carbonyl (C=O) groups excluding carboxylic acids is 2. The van der Waals surface area contributed by atoms with Crippen LogP contribution in [0.1, 0.15) is 136 Å². The molecule has 1 heterocycles. The van der Waals surface area contributed by atoms with Crippen molar-refractivity contribution in [3.8, 4) is 11.5 Å². The zero-order chi connectivity index (χ0) is 33.0. The minimum atomic E-state index is -0.0164. The highest BCUT2D eigenvalue weighted by atomic mass is 16.5. The van der Waals surface area contributed by atoms with Crippen molar-refractivity contribution in [1.29, 1.82) is 0 Å². The highest BCUT2D eigenvalue weighted by Gasteiger charge is 2.19. The Hall–Kier alpha value is -3.12. The van der Waals surface area contributed by atoms with Gasteiger partial charge < -0.3 is 14.7 Å². The first-order valence-corrected chi connectivity index (χ1v) is 18.2. The monoisotopic (exact) mass is 632 g/mol. The lowest BCUT2D eigenvalue weighted by Crippen LogP contribution is -2.45. The van der Waals surface area contributed by atoms with E-state index in [2.05, 4.69) is 23.6 Å². The van der Waals surface area contributed by atoms with E-state index < -0.39 is 0 Å². The van der Waals surface area contributed by atoms with Crippen LogP contribution in [0.2, 0.25) is 0 Å². The molecule has 6 nitrogen and oxygen atoms in total. The molecule has 1 N–H and O–H groups in total. The molecule has 2 aromatic carbocycles. The first-order valence-electron chi connectivity index (χ1n) is 18.2. The van der Waals surface area contributed by atoms with Crippen LogP contribution in [0.4, 0.5) is 0 Å². The van der Waals surface area contributed by atoms with E-state index in [-0.39, 0.29) is 11.6 Å². The lowest BCUT2D eigenvalue weighted by Gasteiger charge is -2.33. The highest BCUT2D eigenvalue weighted by Crippen LogP contribution is 2.29. The van der Waals surface area contributed by atoms with Gasteiger partial charge in [-0.05, 0) is 61.1 Å². The van der Waals surface area contributed by atoms with E-state index in [1.807, 2.05) is 36.5 Å². The number of phenols is 1. The maximum absolute atomic E-state index is 13.4. The van der Waals surface area contributed by atoms with Gasteiger partial charge in [-0.1, -0.05) is 103 Å². The fraction of sp³-hybridized carbons (Fsp3) is 0.600. The third-order valence-electron chi connectivity index (χ3n) is 9.25. The van der Waals surface area contributed by atoms with Gasteiger partial charge in [0.1, 0.15) is 11.5 Å². The Balaban J connectivity index is 1.56. The number of aromatic hydroxyl groups is 1. The number of ether oxygens (including phenoxy) is 1. The molecule has 0 amide bonds. The molecule has 0 saturated carbocycles. The highest BCUT2D eigenvalue weighted by molar-refractivity contribution is 6.05. The molecule has 0 atom stereocenters. The van der Waals surface area contributed by atoms with Crippen LogP contribution >= 0.6 is 0 Å². The minimum absolute atomic E-state index is 0.0164. The third kappa shape index (κ3) is 13.3. The predicted octanol–water partition coefficient (Wildman–Crippen LogP) is 9.18. The number of phenolic OH excluding ortho intramolecular Hbond substituents is 1. The molecule has 1 saturated heterocycles. The van der Waals surface area contributed by atoms with Crippen LogP contribution in [-0.2, 0) is 12.8 Å². The van der Waals surface area contributed by atoms with Gasteiger partial charge in [0.15, 0.2) is 11.6 Å². The van der Waals surface area contributed by atoms with E-state index in [0.717, 1.165) is 75.8 Å². The number of methoxy groups -OCH3 is 1. The molecule has 254 valence electrons. The Morgan fingerprint density at radius 1 is 0.739 bits per heavy atom. The fourth-order valence-corrected chi connectivity index (χ4v) is 6.26. The van der Waals surface area contributed by atoms with E-state index in [4.69, 9.17) is 4.74 Å². The molecule has 1 aliphatic heterocycles. The smallest absolute Gasteiger partial charge is 0.187 e. The Morgan fingerprint density at radius 3 is 1.83 bits per heavy atom. The summed E-state index contributed by atoms with van der Waals surface area (Å²) in [6, 6.07) is 11.2. The number of aryl methyl sites for hydroxylation is 2. The van der Waals surface area contributed by atoms with Gasteiger partial charge in [0, 0.05) is 49.6 Å². The van der Waals surface area contributed by atoms with Gasteiger partial charge in [0.05, 0.1) is 13.7 Å². The van der Waals surface area contributed by atoms with Gasteiger partial charge in [-0.2, -0.15) is 0 Å². The van der Waals surface area contributed by atoms with Gasteiger partial charge in [-0.3, -0.25) is 14.5 Å². The summed E-state index contributed by atoms with van der Waals surface area (Å²) in [5.74, 6) is 1.16. The van der Waals surface area contributed by atoms with Crippen LogP contribution in [-0.4, -0.2) is 66.3 Å². The molecule has 0 aliphatic carbocycles. The summed E-state index contributed by atoms with van der Waals surface area (Å²) in [6.07, 6.45) is 22.3. The van der Waals surface area contributed by atoms with Crippen molar-refractivity contribution in [2.24, 2.45) is 0 Å². The van der Waals surface area contributed by atoms with Crippen molar-refractivity contribution in [2.75, 3.05) is 39.8 Å². The topological polar surface area (TPSA) is 70.1 Å². The zero-order valence-electron chi connectivity index (χ0n) is 29.0. The molecule has 2 aromatic rings. The van der Waals surface area contributed by atoms with Crippen molar-refractivity contribution >= 4 is 11.6 Å². The molecule has 0 bridgehead atoms. The molecule has 3 rings (SSSR count). The fourth-order valence-electron chi connectivity index (χ4n) is 6.26. The number of Topliss-reactive ketones (excluding diaryl/α,β-unsaturated/α-hetero) is 1. The summed E-state index contributed by atoms with van der Waals surface area (Å²) in [5.41, 5.74) is 3.17. The summed E-state index contributed by atoms with van der Waals surface area (Å²) >= 11 is 0. The maximum atomic E-state index is 13.4. The molecule has 0 spiro atoms. The van der Waals surface area contributed by atoms with E-state index in [1.54, 1.807) is 19.3 Å². The van der Waals surface area contributed by atoms with Crippen LogP contribution in [0.15, 0.2) is 48.7 Å². The van der Waals surface area contributed by atoms with Gasteiger partial charge in [-0.25, -0.2) is 0 Å². The van der Waals surface area contributed by atoms with Crippen molar-refractivity contribution in [1.82, 2.24) is 9.80 Å². The number of benzene rings is 2. The Kier molecular flexibility index (Phi) is 17.6. The third-order valence-corrected chi connectivity index (χ3v) is 9.25. The lowest BCUT2D eigenvalue weighted by atomic mass is 9.94. The van der Waals surface area contributed by atoms with Crippen LogP contribution < -0.4 is 4.74 Å². The van der Waals surface area contributed by atoms with E-state index in [1.165, 1.54) is 64.2 Å². The first-order chi connectivity index (χ1) is 22.4. The van der Waals surface area contributed by atoms with Crippen LogP contribution in [0.25, 0.3) is 0 Å². The normalized spacial score (nSPS) is 13.8. The number of piperazine rings is 1. The maximum Gasteiger partial charge on any atom is 0.187 e. The number of ketones is 2. The van der Waals surface area contributed by atoms with Crippen molar-refractivity contribution in [3.05, 3.63) is 70.9 Å². The average Bonchev–Trinajstić information content (AvgIpc) is 3.08. The van der Waals surface area contributed by atoms with Gasteiger partial charge in [0.25, 0.3) is 0 Å². The number of hydrogen-bond acceptors (Lipinski definition) is 6. The standard InChI is InChI=1S/C40H60N2O4/c1-4-6-8-10-12-14-16-19-34-29-36(30-35(40(34)45)20-17-15-13-11-9-7-5-2)38(43)23-24-41-25-27-42(28-26-41)32-39(44)33-21-18-22-37(31-33)46-3/h18,21-24,29-31,45H,4-17,19-20,25-28,32H2,1-3H3. The summed E-state index contributed by atoms with van der Waals surface area (Å²) in [5, 5.41) is 11.2. The van der Waals surface area contributed by atoms with Crippen LogP contribution in [0, 0.1) is 0 Å². The Morgan fingerprint density at radius 2 is 1.28 bits per heavy atom. The van der Waals surface area contributed by atoms with Gasteiger partial charge in [-0.15, -0.1) is 0 Å². The largest absolute Gasteiger partial charge is 0.507 e. The molecule has 46 heavy (non-hydrogen) atoms. The second-order valence-electron chi connectivity index (χ2n) is 13.0. The Bertz CT molecular complexity index is 1180. The summed E-state index contributed by atoms with van der Waals surface area (Å²) in [7, 11) is 1.61. The van der Waals surface area contributed by atoms with E-state index in [9.17, 15) is 14.7 Å². The van der Waals surface area contributed by atoms with Crippen LogP contribution in [0.3, 0.4) is 0 Å². The summed E-state index contributed by atoms with van der Waals surface area (Å²) in [4.78, 5) is 30.5. The quantitative estimate of drug-likeness (QED) is 0.0748. The second kappa shape index (κ2) is 21.6. The lowest BCUT2D eigenvalue weighted by molar-refractivity contribution is 0.0888. The SMILES string of the molecule is CCCCCCCCCc1cc(C(=O)C=CN2CCN(CC(=O)c3cccc(OC)c3)CC2)cc(CCCCCCCCC)c1O. The van der Waals surface area contributed by atoms with E-state index in [0.29, 0.717) is 29.2 Å². The molecular weight excluding hydrogens is 572 g/mol. The number of rotatable bonds is 23. The zero-order valence-corrected chi connectivity index (χ0v) is 29.0. The molecule has 0 unspecified atom stereocenters. The number of nitrogens with zero attached hydrogens (tertiary/aromatic N) is 2. The first kappa shape index (κ1) is 37.3. The van der Waals surface area contributed by atoms with Crippen molar-refractivity contribution in [3.63, 3.8) is 0 Å². The van der Waals surface area contributed by atoms with Crippen molar-refractivity contribution in [2.45, 2.75) is 117 Å². The van der Waals surface area contributed by atoms with Gasteiger partial charge >= 0.3 is 0 Å². The molecule has 1 aliphatic rings. The average molecular weight is 633 g/mol. The number of allylic oxidation sites excluding steroid dienone is 1. The number of unbranched alkanes of at least 4 members (excludes halogenated alkanes) is 12. The number of carbonyl (C=O) groups is 2. The molecule has 0 aromatic heterocycles. The van der Waals surface area contributed by atoms with Gasteiger partial charge in [0.2, 0.25) is 0 Å². The Labute approximate surface area is 279 Å². The summed E-state index contributed by atoms with van der Waals surface area (Å²) in [6.45, 7) is 7.91. The minimum Gasteiger partial charge on any atom is -0.507 e. The van der Waals surface area contributed by atoms with Crippen LogP contribution in [0.5, 0.6) is 11.5 Å². The number of hydrogen-bond donors (Lipinski definition) is 1.